The van der Waals surface area contributed by atoms with E-state index in [0.717, 1.165) is 23.9 Å². The maximum atomic E-state index is 10.1. The van der Waals surface area contributed by atoms with Crippen LogP contribution in [0.25, 0.3) is 11.0 Å². The van der Waals surface area contributed by atoms with Gasteiger partial charge in [-0.2, -0.15) is 0 Å². The highest BCUT2D eigenvalue weighted by molar-refractivity contribution is 5.76. The molecule has 2 aliphatic rings. The Morgan fingerprint density at radius 1 is 1.31 bits per heavy atom. The number of rotatable bonds is 2. The fraction of sp³-hybridized carbons (Fsp3) is 0.462. The van der Waals surface area contributed by atoms with Gasteiger partial charge in [-0.25, -0.2) is 4.98 Å². The molecule has 1 N–H and O–H groups in total. The van der Waals surface area contributed by atoms with Crippen LogP contribution >= 0.6 is 0 Å². The quantitative estimate of drug-likeness (QED) is 0.833. The summed E-state index contributed by atoms with van der Waals surface area (Å²) in [5.41, 5.74) is 2.71. The summed E-state index contributed by atoms with van der Waals surface area (Å²) in [6.07, 6.45) is 6.26. The fourth-order valence-corrected chi connectivity index (χ4v) is 2.37. The van der Waals surface area contributed by atoms with Crippen LogP contribution in [0.1, 0.15) is 37.3 Å². The minimum atomic E-state index is -0.544. The Bertz CT molecular complexity index is 564. The maximum absolute atomic E-state index is 10.1. The molecule has 16 heavy (non-hydrogen) atoms. The van der Waals surface area contributed by atoms with Gasteiger partial charge < -0.3 is 9.67 Å². The number of nitrogens with zero attached hydrogens (tertiary/aromatic N) is 2. The molecule has 1 aromatic carbocycles. The molecule has 2 saturated carbocycles. The van der Waals surface area contributed by atoms with E-state index < -0.39 is 5.60 Å². The van der Waals surface area contributed by atoms with E-state index in [-0.39, 0.29) is 0 Å². The molecule has 0 amide bonds. The van der Waals surface area contributed by atoms with Gasteiger partial charge in [0.1, 0.15) is 0 Å². The van der Waals surface area contributed by atoms with E-state index in [1.807, 2.05) is 12.4 Å². The minimum absolute atomic E-state index is 0.544. The highest BCUT2D eigenvalue weighted by atomic mass is 16.3. The third-order valence-electron chi connectivity index (χ3n) is 3.78. The Hall–Kier alpha value is -1.35. The lowest BCUT2D eigenvalue weighted by Gasteiger charge is -2.08. The SMILES string of the molecule is OC1(c2ccc3c(c2)ncn3C2CC2)CC1. The zero-order valence-corrected chi connectivity index (χ0v) is 9.06. The van der Waals surface area contributed by atoms with Crippen molar-refractivity contribution in [2.24, 2.45) is 0 Å². The summed E-state index contributed by atoms with van der Waals surface area (Å²) >= 11 is 0. The van der Waals surface area contributed by atoms with Gasteiger partial charge in [0.05, 0.1) is 23.0 Å². The monoisotopic (exact) mass is 214 g/mol. The molecule has 4 rings (SSSR count). The van der Waals surface area contributed by atoms with Gasteiger partial charge in [0.15, 0.2) is 0 Å². The van der Waals surface area contributed by atoms with Crippen molar-refractivity contribution in [1.82, 2.24) is 9.55 Å². The van der Waals surface area contributed by atoms with Crippen molar-refractivity contribution in [2.45, 2.75) is 37.3 Å². The third kappa shape index (κ3) is 1.15. The smallest absolute Gasteiger partial charge is 0.0960 e. The molecule has 1 heterocycles. The van der Waals surface area contributed by atoms with Crippen molar-refractivity contribution in [3.05, 3.63) is 30.1 Å². The van der Waals surface area contributed by atoms with Crippen molar-refractivity contribution in [3.8, 4) is 0 Å². The van der Waals surface area contributed by atoms with Crippen LogP contribution in [0.3, 0.4) is 0 Å². The maximum Gasteiger partial charge on any atom is 0.0960 e. The van der Waals surface area contributed by atoms with Crippen molar-refractivity contribution < 1.29 is 5.11 Å². The van der Waals surface area contributed by atoms with Gasteiger partial charge in [-0.3, -0.25) is 0 Å². The largest absolute Gasteiger partial charge is 0.385 e. The van der Waals surface area contributed by atoms with E-state index in [0.29, 0.717) is 6.04 Å². The lowest BCUT2D eigenvalue weighted by Crippen LogP contribution is -2.03. The van der Waals surface area contributed by atoms with Crippen LogP contribution in [-0.4, -0.2) is 14.7 Å². The number of fused-ring (bicyclic) bond motifs is 1. The topological polar surface area (TPSA) is 38.1 Å². The molecule has 2 aromatic rings. The normalized spacial score (nSPS) is 22.6. The molecule has 0 spiro atoms. The molecule has 82 valence electrons. The predicted octanol–water partition coefficient (Wildman–Crippen LogP) is 2.35. The van der Waals surface area contributed by atoms with Crippen molar-refractivity contribution in [2.75, 3.05) is 0 Å². The number of benzene rings is 1. The van der Waals surface area contributed by atoms with Crippen LogP contribution in [0.5, 0.6) is 0 Å². The number of hydrogen-bond donors (Lipinski definition) is 1. The number of imidazole rings is 1. The fourth-order valence-electron chi connectivity index (χ4n) is 2.37. The van der Waals surface area contributed by atoms with Crippen LogP contribution < -0.4 is 0 Å². The van der Waals surface area contributed by atoms with E-state index in [9.17, 15) is 5.11 Å². The Balaban J connectivity index is 1.87. The molecule has 3 heteroatoms. The number of aliphatic hydroxyl groups is 1. The summed E-state index contributed by atoms with van der Waals surface area (Å²) < 4.78 is 2.26. The lowest BCUT2D eigenvalue weighted by atomic mass is 10.1. The van der Waals surface area contributed by atoms with Gasteiger partial charge in [0, 0.05) is 6.04 Å². The molecule has 0 bridgehead atoms. The molecule has 0 aliphatic heterocycles. The second-order valence-corrected chi connectivity index (χ2v) is 5.12. The lowest BCUT2D eigenvalue weighted by molar-refractivity contribution is 0.151. The standard InChI is InChI=1S/C13H14N2O/c16-13(5-6-13)9-1-4-12-11(7-9)14-8-15(12)10-2-3-10/h1,4,7-8,10,16H,2-3,5-6H2. The Morgan fingerprint density at radius 3 is 2.81 bits per heavy atom. The first-order valence-corrected chi connectivity index (χ1v) is 5.96. The number of aromatic nitrogens is 2. The Labute approximate surface area is 93.7 Å². The molecule has 0 atom stereocenters. The summed E-state index contributed by atoms with van der Waals surface area (Å²) in [5, 5.41) is 10.1. The summed E-state index contributed by atoms with van der Waals surface area (Å²) in [6.45, 7) is 0. The molecule has 0 saturated heterocycles. The molecule has 0 unspecified atom stereocenters. The van der Waals surface area contributed by atoms with Gasteiger partial charge in [-0.15, -0.1) is 0 Å². The zero-order chi connectivity index (χ0) is 10.8. The third-order valence-corrected chi connectivity index (χ3v) is 3.78. The van der Waals surface area contributed by atoms with Crippen LogP contribution in [0.15, 0.2) is 24.5 Å². The average Bonchev–Trinajstić information content (AvgIpc) is 3.21. The summed E-state index contributed by atoms with van der Waals surface area (Å²) in [6, 6.07) is 6.86. The van der Waals surface area contributed by atoms with E-state index in [1.54, 1.807) is 0 Å². The Morgan fingerprint density at radius 2 is 2.12 bits per heavy atom. The highest BCUT2D eigenvalue weighted by Gasteiger charge is 2.42. The first-order valence-electron chi connectivity index (χ1n) is 5.96. The van der Waals surface area contributed by atoms with E-state index >= 15 is 0 Å². The van der Waals surface area contributed by atoms with Crippen LogP contribution in [0, 0.1) is 0 Å². The first kappa shape index (κ1) is 8.76. The Kier molecular flexibility index (Phi) is 1.46. The van der Waals surface area contributed by atoms with Crippen molar-refractivity contribution in [3.63, 3.8) is 0 Å². The molecule has 0 radical (unpaired) electrons. The average molecular weight is 214 g/mol. The van der Waals surface area contributed by atoms with Gasteiger partial charge in [0.2, 0.25) is 0 Å². The first-order chi connectivity index (χ1) is 7.76. The molecule has 2 aliphatic carbocycles. The van der Waals surface area contributed by atoms with Gasteiger partial charge in [0.25, 0.3) is 0 Å². The van der Waals surface area contributed by atoms with Gasteiger partial charge in [-0.1, -0.05) is 6.07 Å². The van der Waals surface area contributed by atoms with Crippen LogP contribution in [0.2, 0.25) is 0 Å². The molecule has 3 nitrogen and oxygen atoms in total. The second kappa shape index (κ2) is 2.66. The van der Waals surface area contributed by atoms with Gasteiger partial charge >= 0.3 is 0 Å². The molecular formula is C13H14N2O. The molecule has 1 aromatic heterocycles. The van der Waals surface area contributed by atoms with Crippen LogP contribution in [0.4, 0.5) is 0 Å². The zero-order valence-electron chi connectivity index (χ0n) is 9.06. The van der Waals surface area contributed by atoms with E-state index in [1.165, 1.54) is 18.4 Å². The van der Waals surface area contributed by atoms with Crippen LogP contribution in [-0.2, 0) is 5.60 Å². The predicted molar refractivity (Wildman–Crippen MR) is 61.1 cm³/mol. The van der Waals surface area contributed by atoms with Crippen molar-refractivity contribution >= 4 is 11.0 Å². The highest BCUT2D eigenvalue weighted by Crippen LogP contribution is 2.46. The minimum Gasteiger partial charge on any atom is -0.385 e. The summed E-state index contributed by atoms with van der Waals surface area (Å²) in [5.74, 6) is 0. The van der Waals surface area contributed by atoms with Gasteiger partial charge in [-0.05, 0) is 43.4 Å². The molecule has 2 fully saturated rings. The van der Waals surface area contributed by atoms with E-state index in [4.69, 9.17) is 0 Å². The summed E-state index contributed by atoms with van der Waals surface area (Å²) in [4.78, 5) is 4.43. The number of hydrogen-bond acceptors (Lipinski definition) is 2. The summed E-state index contributed by atoms with van der Waals surface area (Å²) in [7, 11) is 0. The molecular weight excluding hydrogens is 200 g/mol. The van der Waals surface area contributed by atoms with Crippen molar-refractivity contribution in [1.29, 1.82) is 0 Å². The second-order valence-electron chi connectivity index (χ2n) is 5.12. The van der Waals surface area contributed by atoms with E-state index in [2.05, 4.69) is 21.7 Å².